The minimum atomic E-state index is -0.140. The standard InChI is InChI=1S/C6H12N4O/c1-3-4-5-10-6(11)9(2)7-8-10/h3-5H2,1-2H3. The van der Waals surface area contributed by atoms with E-state index in [4.69, 9.17) is 0 Å². The maximum absolute atomic E-state index is 11.1. The van der Waals surface area contributed by atoms with Crippen LogP contribution in [-0.2, 0) is 13.6 Å². The van der Waals surface area contributed by atoms with Crippen LogP contribution in [-0.4, -0.2) is 19.8 Å². The van der Waals surface area contributed by atoms with Crippen LogP contribution in [0.5, 0.6) is 0 Å². The van der Waals surface area contributed by atoms with Gasteiger partial charge in [-0.25, -0.2) is 4.79 Å². The maximum Gasteiger partial charge on any atom is 0.363 e. The molecule has 0 aliphatic carbocycles. The lowest BCUT2D eigenvalue weighted by molar-refractivity contribution is 0.540. The van der Waals surface area contributed by atoms with E-state index in [-0.39, 0.29) is 5.69 Å². The van der Waals surface area contributed by atoms with Crippen LogP contribution in [0.3, 0.4) is 0 Å². The van der Waals surface area contributed by atoms with Gasteiger partial charge in [0.05, 0.1) is 0 Å². The zero-order valence-corrected chi connectivity index (χ0v) is 6.82. The van der Waals surface area contributed by atoms with Gasteiger partial charge < -0.3 is 0 Å². The van der Waals surface area contributed by atoms with E-state index in [1.807, 2.05) is 0 Å². The first kappa shape index (κ1) is 7.97. The molecular formula is C6H12N4O. The summed E-state index contributed by atoms with van der Waals surface area (Å²) in [6.07, 6.45) is 2.03. The molecule has 5 nitrogen and oxygen atoms in total. The summed E-state index contributed by atoms with van der Waals surface area (Å²) in [5.41, 5.74) is -0.140. The van der Waals surface area contributed by atoms with Gasteiger partial charge in [-0.3, -0.25) is 0 Å². The number of aryl methyl sites for hydroxylation is 2. The molecule has 0 N–H and O–H groups in total. The molecule has 1 aromatic rings. The first-order valence-electron chi connectivity index (χ1n) is 3.72. The number of rotatable bonds is 3. The van der Waals surface area contributed by atoms with E-state index >= 15 is 0 Å². The summed E-state index contributed by atoms with van der Waals surface area (Å²) in [5.74, 6) is 0. The molecule has 0 atom stereocenters. The Kier molecular flexibility index (Phi) is 2.40. The SMILES string of the molecule is CCCCn1nnn(C)c1=O. The quantitative estimate of drug-likeness (QED) is 0.607. The highest BCUT2D eigenvalue weighted by atomic mass is 16.2. The summed E-state index contributed by atoms with van der Waals surface area (Å²) in [6.45, 7) is 2.74. The van der Waals surface area contributed by atoms with Crippen molar-refractivity contribution in [2.75, 3.05) is 0 Å². The van der Waals surface area contributed by atoms with Crippen molar-refractivity contribution in [3.8, 4) is 0 Å². The first-order valence-corrected chi connectivity index (χ1v) is 3.72. The van der Waals surface area contributed by atoms with Gasteiger partial charge in [0.25, 0.3) is 0 Å². The lowest BCUT2D eigenvalue weighted by Gasteiger charge is -1.92. The van der Waals surface area contributed by atoms with Gasteiger partial charge >= 0.3 is 5.69 Å². The highest BCUT2D eigenvalue weighted by molar-refractivity contribution is 4.54. The van der Waals surface area contributed by atoms with Crippen LogP contribution >= 0.6 is 0 Å². The molecule has 0 radical (unpaired) electrons. The molecule has 1 aromatic heterocycles. The molecule has 0 spiro atoms. The monoisotopic (exact) mass is 156 g/mol. The fourth-order valence-corrected chi connectivity index (χ4v) is 0.800. The molecule has 0 unspecified atom stereocenters. The van der Waals surface area contributed by atoms with Crippen molar-refractivity contribution in [1.29, 1.82) is 0 Å². The van der Waals surface area contributed by atoms with Crippen molar-refractivity contribution in [3.05, 3.63) is 10.5 Å². The number of hydrogen-bond acceptors (Lipinski definition) is 3. The van der Waals surface area contributed by atoms with Gasteiger partial charge in [-0.05, 0) is 16.8 Å². The number of aromatic nitrogens is 4. The van der Waals surface area contributed by atoms with Crippen LogP contribution in [0.2, 0.25) is 0 Å². The van der Waals surface area contributed by atoms with Gasteiger partial charge in [0.15, 0.2) is 0 Å². The summed E-state index contributed by atoms with van der Waals surface area (Å²) < 4.78 is 2.61. The van der Waals surface area contributed by atoms with E-state index in [9.17, 15) is 4.79 Å². The second-order valence-corrected chi connectivity index (χ2v) is 2.46. The third-order valence-electron chi connectivity index (χ3n) is 1.50. The first-order chi connectivity index (χ1) is 5.25. The van der Waals surface area contributed by atoms with Gasteiger partial charge in [0, 0.05) is 13.6 Å². The summed E-state index contributed by atoms with van der Waals surface area (Å²) in [5, 5.41) is 7.26. The molecule has 0 aliphatic heterocycles. The minimum Gasteiger partial charge on any atom is -0.244 e. The van der Waals surface area contributed by atoms with E-state index < -0.39 is 0 Å². The average Bonchev–Trinajstić information content (AvgIpc) is 2.31. The Hall–Kier alpha value is -1.13. The molecule has 0 amide bonds. The molecular weight excluding hydrogens is 144 g/mol. The fraction of sp³-hybridized carbons (Fsp3) is 0.833. The van der Waals surface area contributed by atoms with Crippen molar-refractivity contribution in [1.82, 2.24) is 19.8 Å². The van der Waals surface area contributed by atoms with Gasteiger partial charge in [-0.15, -0.1) is 0 Å². The van der Waals surface area contributed by atoms with Gasteiger partial charge in [-0.2, -0.15) is 9.36 Å². The van der Waals surface area contributed by atoms with E-state index in [2.05, 4.69) is 17.4 Å². The number of unbranched alkanes of at least 4 members (excludes halogenated alkanes) is 1. The molecule has 0 fully saturated rings. The van der Waals surface area contributed by atoms with Crippen molar-refractivity contribution in [2.24, 2.45) is 7.05 Å². The lowest BCUT2D eigenvalue weighted by atomic mass is 10.3. The van der Waals surface area contributed by atoms with E-state index in [1.54, 1.807) is 7.05 Å². The molecule has 62 valence electrons. The van der Waals surface area contributed by atoms with Crippen LogP contribution < -0.4 is 5.69 Å². The van der Waals surface area contributed by atoms with Crippen molar-refractivity contribution in [3.63, 3.8) is 0 Å². The zero-order chi connectivity index (χ0) is 8.27. The Balaban J connectivity index is 2.71. The summed E-state index contributed by atoms with van der Waals surface area (Å²) in [6, 6.07) is 0. The molecule has 1 heterocycles. The largest absolute Gasteiger partial charge is 0.363 e. The molecule has 0 bridgehead atoms. The second kappa shape index (κ2) is 3.32. The Labute approximate surface area is 64.6 Å². The van der Waals surface area contributed by atoms with Crippen LogP contribution in [0, 0.1) is 0 Å². The number of tetrazole rings is 1. The summed E-state index contributed by atoms with van der Waals surface area (Å²) >= 11 is 0. The Morgan fingerprint density at radius 2 is 2.18 bits per heavy atom. The van der Waals surface area contributed by atoms with Crippen LogP contribution in [0.1, 0.15) is 19.8 Å². The molecule has 0 aromatic carbocycles. The maximum atomic E-state index is 11.1. The van der Waals surface area contributed by atoms with Crippen molar-refractivity contribution < 1.29 is 0 Å². The summed E-state index contributed by atoms with van der Waals surface area (Å²) in [4.78, 5) is 11.1. The van der Waals surface area contributed by atoms with E-state index in [0.29, 0.717) is 6.54 Å². The third kappa shape index (κ3) is 1.66. The molecule has 0 saturated carbocycles. The molecule has 0 aliphatic rings. The number of hydrogen-bond donors (Lipinski definition) is 0. The van der Waals surface area contributed by atoms with Gasteiger partial charge in [-0.1, -0.05) is 13.3 Å². The predicted molar refractivity (Wildman–Crippen MR) is 40.2 cm³/mol. The van der Waals surface area contributed by atoms with Crippen LogP contribution in [0.15, 0.2) is 4.79 Å². The smallest absolute Gasteiger partial charge is 0.244 e. The fourth-order valence-electron chi connectivity index (χ4n) is 0.800. The van der Waals surface area contributed by atoms with Crippen molar-refractivity contribution >= 4 is 0 Å². The van der Waals surface area contributed by atoms with Crippen LogP contribution in [0.4, 0.5) is 0 Å². The Morgan fingerprint density at radius 3 is 2.64 bits per heavy atom. The average molecular weight is 156 g/mol. The van der Waals surface area contributed by atoms with E-state index in [1.165, 1.54) is 9.36 Å². The molecule has 0 saturated heterocycles. The third-order valence-corrected chi connectivity index (χ3v) is 1.50. The number of nitrogens with zero attached hydrogens (tertiary/aromatic N) is 4. The highest BCUT2D eigenvalue weighted by Crippen LogP contribution is 1.87. The Morgan fingerprint density at radius 1 is 1.45 bits per heavy atom. The minimum absolute atomic E-state index is 0.140. The van der Waals surface area contributed by atoms with Crippen LogP contribution in [0.25, 0.3) is 0 Å². The zero-order valence-electron chi connectivity index (χ0n) is 6.82. The van der Waals surface area contributed by atoms with Gasteiger partial charge in [0.1, 0.15) is 0 Å². The second-order valence-electron chi connectivity index (χ2n) is 2.46. The molecule has 11 heavy (non-hydrogen) atoms. The lowest BCUT2D eigenvalue weighted by Crippen LogP contribution is -2.23. The van der Waals surface area contributed by atoms with Crippen molar-refractivity contribution in [2.45, 2.75) is 26.3 Å². The summed E-state index contributed by atoms with van der Waals surface area (Å²) in [7, 11) is 1.60. The molecule has 1 rings (SSSR count). The topological polar surface area (TPSA) is 52.7 Å². The van der Waals surface area contributed by atoms with E-state index in [0.717, 1.165) is 12.8 Å². The Bertz CT molecular complexity index is 274. The predicted octanol–water partition coefficient (Wildman–Crippen LogP) is -0.223. The highest BCUT2D eigenvalue weighted by Gasteiger charge is 2.00. The normalized spacial score (nSPS) is 10.4. The molecule has 5 heteroatoms. The van der Waals surface area contributed by atoms with Gasteiger partial charge in [0.2, 0.25) is 0 Å².